The van der Waals surface area contributed by atoms with Gasteiger partial charge in [-0.1, -0.05) is 24.3 Å². The van der Waals surface area contributed by atoms with Gasteiger partial charge in [-0.25, -0.2) is 13.2 Å². The summed E-state index contributed by atoms with van der Waals surface area (Å²) in [7, 11) is -3.71. The number of ether oxygens (including phenoxy) is 1. The minimum atomic E-state index is -3.71. The van der Waals surface area contributed by atoms with Crippen LogP contribution in [-0.4, -0.2) is 50.6 Å². The Labute approximate surface area is 193 Å². The highest BCUT2D eigenvalue weighted by Crippen LogP contribution is 2.26. The summed E-state index contributed by atoms with van der Waals surface area (Å²) in [6, 6.07) is 16.6. The summed E-state index contributed by atoms with van der Waals surface area (Å²) in [5.74, 6) is 0. The second-order valence-corrected chi connectivity index (χ2v) is 9.61. The number of benzene rings is 2. The molecule has 3 aromatic rings. The predicted molar refractivity (Wildman–Crippen MR) is 125 cm³/mol. The Bertz CT molecular complexity index is 1180. The molecule has 8 nitrogen and oxygen atoms in total. The van der Waals surface area contributed by atoms with E-state index in [1.165, 1.54) is 12.1 Å². The predicted octanol–water partition coefficient (Wildman–Crippen LogP) is 3.07. The maximum atomic E-state index is 13.3. The van der Waals surface area contributed by atoms with Crippen molar-refractivity contribution in [2.24, 2.45) is 0 Å². The van der Waals surface area contributed by atoms with E-state index < -0.39 is 9.84 Å². The van der Waals surface area contributed by atoms with Gasteiger partial charge in [-0.05, 0) is 47.5 Å². The SMILES string of the molecule is O=C(NCc1cccnc1)Nc1ccc(S(=O)(=O)c2ccccc2CN2CCOCC2)cc1. The van der Waals surface area contributed by atoms with Crippen LogP contribution in [0.15, 0.2) is 82.8 Å². The van der Waals surface area contributed by atoms with E-state index in [9.17, 15) is 13.2 Å². The van der Waals surface area contributed by atoms with Crippen molar-refractivity contribution in [3.05, 3.63) is 84.2 Å². The summed E-state index contributed by atoms with van der Waals surface area (Å²) in [5.41, 5.74) is 2.14. The Balaban J connectivity index is 1.43. The van der Waals surface area contributed by atoms with Crippen LogP contribution >= 0.6 is 0 Å². The van der Waals surface area contributed by atoms with Gasteiger partial charge in [0.25, 0.3) is 0 Å². The topological polar surface area (TPSA) is 101 Å². The Morgan fingerprint density at radius 2 is 1.76 bits per heavy atom. The summed E-state index contributed by atoms with van der Waals surface area (Å²) in [6.45, 7) is 3.75. The molecule has 9 heteroatoms. The molecule has 0 aliphatic carbocycles. The van der Waals surface area contributed by atoms with Crippen LogP contribution in [0, 0.1) is 0 Å². The van der Waals surface area contributed by atoms with E-state index in [4.69, 9.17) is 4.74 Å². The second-order valence-electron chi connectivity index (χ2n) is 7.69. The lowest BCUT2D eigenvalue weighted by atomic mass is 10.2. The number of nitrogens with one attached hydrogen (secondary N) is 2. The fraction of sp³-hybridized carbons (Fsp3) is 0.250. The van der Waals surface area contributed by atoms with Gasteiger partial charge in [0.05, 0.1) is 23.0 Å². The number of amides is 2. The Hall–Kier alpha value is -3.27. The van der Waals surface area contributed by atoms with Crippen LogP contribution < -0.4 is 10.6 Å². The highest BCUT2D eigenvalue weighted by atomic mass is 32.2. The number of rotatable bonds is 7. The van der Waals surface area contributed by atoms with Crippen LogP contribution in [0.3, 0.4) is 0 Å². The molecule has 172 valence electrons. The zero-order valence-electron chi connectivity index (χ0n) is 18.1. The number of carbonyl (C=O) groups excluding carboxylic acids is 1. The first kappa shape index (κ1) is 22.9. The van der Waals surface area contributed by atoms with Crippen molar-refractivity contribution < 1.29 is 17.9 Å². The lowest BCUT2D eigenvalue weighted by Crippen LogP contribution is -2.36. The molecule has 0 bridgehead atoms. The molecule has 1 saturated heterocycles. The van der Waals surface area contributed by atoms with Crippen molar-refractivity contribution in [2.75, 3.05) is 31.6 Å². The molecule has 0 spiro atoms. The number of carbonyl (C=O) groups is 1. The van der Waals surface area contributed by atoms with Gasteiger partial charge in [-0.15, -0.1) is 0 Å². The molecular formula is C24H26N4O4S. The number of hydrogen-bond donors (Lipinski definition) is 2. The summed E-state index contributed by atoms with van der Waals surface area (Å²) < 4.78 is 32.1. The molecule has 0 radical (unpaired) electrons. The van der Waals surface area contributed by atoms with E-state index in [1.807, 2.05) is 18.2 Å². The van der Waals surface area contributed by atoms with Gasteiger partial charge in [0, 0.05) is 44.3 Å². The van der Waals surface area contributed by atoms with E-state index in [0.717, 1.165) is 24.2 Å². The van der Waals surface area contributed by atoms with E-state index in [2.05, 4.69) is 20.5 Å². The average molecular weight is 467 g/mol. The summed E-state index contributed by atoms with van der Waals surface area (Å²) in [4.78, 5) is 18.8. The van der Waals surface area contributed by atoms with Gasteiger partial charge < -0.3 is 15.4 Å². The van der Waals surface area contributed by atoms with E-state index in [-0.39, 0.29) is 10.9 Å². The van der Waals surface area contributed by atoms with Crippen molar-refractivity contribution in [2.45, 2.75) is 22.9 Å². The van der Waals surface area contributed by atoms with E-state index in [0.29, 0.717) is 36.9 Å². The molecule has 2 amide bonds. The van der Waals surface area contributed by atoms with Gasteiger partial charge in [-0.3, -0.25) is 9.88 Å². The number of morpholine rings is 1. The number of nitrogens with zero attached hydrogens (tertiary/aromatic N) is 2. The third kappa shape index (κ3) is 5.95. The Kier molecular flexibility index (Phi) is 7.33. The molecule has 2 N–H and O–H groups in total. The van der Waals surface area contributed by atoms with Crippen LogP contribution in [0.5, 0.6) is 0 Å². The highest BCUT2D eigenvalue weighted by Gasteiger charge is 2.22. The molecule has 1 aromatic heterocycles. The van der Waals surface area contributed by atoms with Crippen molar-refractivity contribution in [3.63, 3.8) is 0 Å². The van der Waals surface area contributed by atoms with Gasteiger partial charge in [0.15, 0.2) is 0 Å². The van der Waals surface area contributed by atoms with Gasteiger partial charge >= 0.3 is 6.03 Å². The average Bonchev–Trinajstić information content (AvgIpc) is 2.85. The zero-order chi connectivity index (χ0) is 23.1. The lowest BCUT2D eigenvalue weighted by molar-refractivity contribution is 0.0338. The monoisotopic (exact) mass is 466 g/mol. The van der Waals surface area contributed by atoms with Crippen LogP contribution in [0.4, 0.5) is 10.5 Å². The number of hydrogen-bond acceptors (Lipinski definition) is 6. The standard InChI is InChI=1S/C24H26N4O4S/c29-24(26-17-19-4-3-11-25-16-19)27-21-7-9-22(10-8-21)33(30,31)23-6-2-1-5-20(23)18-28-12-14-32-15-13-28/h1-11,16H,12-15,17-18H2,(H2,26,27,29). The number of urea groups is 1. The third-order valence-corrected chi connectivity index (χ3v) is 7.23. The minimum absolute atomic E-state index is 0.179. The van der Waals surface area contributed by atoms with Crippen LogP contribution in [0.25, 0.3) is 0 Å². The Morgan fingerprint density at radius 1 is 1.00 bits per heavy atom. The molecule has 1 aliphatic heterocycles. The first-order valence-electron chi connectivity index (χ1n) is 10.7. The Morgan fingerprint density at radius 3 is 2.48 bits per heavy atom. The summed E-state index contributed by atoms with van der Waals surface area (Å²) in [5, 5.41) is 5.45. The first-order valence-corrected chi connectivity index (χ1v) is 12.2. The molecule has 0 unspecified atom stereocenters. The molecule has 1 aliphatic rings. The molecule has 33 heavy (non-hydrogen) atoms. The molecule has 4 rings (SSSR count). The maximum Gasteiger partial charge on any atom is 0.319 e. The van der Waals surface area contributed by atoms with E-state index >= 15 is 0 Å². The van der Waals surface area contributed by atoms with Gasteiger partial charge in [0.2, 0.25) is 9.84 Å². The van der Waals surface area contributed by atoms with Gasteiger partial charge in [0.1, 0.15) is 0 Å². The number of aromatic nitrogens is 1. The first-order chi connectivity index (χ1) is 16.0. The number of anilines is 1. The highest BCUT2D eigenvalue weighted by molar-refractivity contribution is 7.91. The van der Waals surface area contributed by atoms with Crippen molar-refractivity contribution >= 4 is 21.6 Å². The smallest absolute Gasteiger partial charge is 0.319 e. The fourth-order valence-corrected chi connectivity index (χ4v) is 5.09. The molecular weight excluding hydrogens is 440 g/mol. The van der Waals surface area contributed by atoms with Gasteiger partial charge in [-0.2, -0.15) is 0 Å². The van der Waals surface area contributed by atoms with Crippen molar-refractivity contribution in [3.8, 4) is 0 Å². The molecule has 2 heterocycles. The minimum Gasteiger partial charge on any atom is -0.379 e. The normalized spacial score (nSPS) is 14.5. The quantitative estimate of drug-likeness (QED) is 0.555. The summed E-state index contributed by atoms with van der Waals surface area (Å²) >= 11 is 0. The van der Waals surface area contributed by atoms with Crippen LogP contribution in [0.2, 0.25) is 0 Å². The molecule has 1 fully saturated rings. The van der Waals surface area contributed by atoms with Crippen molar-refractivity contribution in [1.29, 1.82) is 0 Å². The van der Waals surface area contributed by atoms with Crippen molar-refractivity contribution in [1.82, 2.24) is 15.2 Å². The second kappa shape index (κ2) is 10.6. The third-order valence-electron chi connectivity index (χ3n) is 5.36. The van der Waals surface area contributed by atoms with Crippen LogP contribution in [-0.2, 0) is 27.7 Å². The molecule has 0 atom stereocenters. The van der Waals surface area contributed by atoms with Crippen LogP contribution in [0.1, 0.15) is 11.1 Å². The lowest BCUT2D eigenvalue weighted by Gasteiger charge is -2.27. The fourth-order valence-electron chi connectivity index (χ4n) is 3.60. The zero-order valence-corrected chi connectivity index (χ0v) is 18.9. The molecule has 2 aromatic carbocycles. The largest absolute Gasteiger partial charge is 0.379 e. The number of sulfone groups is 1. The molecule has 0 saturated carbocycles. The van der Waals surface area contributed by atoms with E-state index in [1.54, 1.807) is 42.7 Å². The maximum absolute atomic E-state index is 13.3. The number of pyridine rings is 1. The summed E-state index contributed by atoms with van der Waals surface area (Å²) in [6.07, 6.45) is 3.34.